The lowest BCUT2D eigenvalue weighted by atomic mass is 10.2. The predicted molar refractivity (Wildman–Crippen MR) is 67.8 cm³/mol. The van der Waals surface area contributed by atoms with Crippen molar-refractivity contribution >= 4 is 12.0 Å². The minimum Gasteiger partial charge on any atom is -0.480 e. The quantitative estimate of drug-likeness (QED) is 0.656. The van der Waals surface area contributed by atoms with Gasteiger partial charge in [0.2, 0.25) is 0 Å². The molecule has 0 aromatic carbocycles. The number of carbonyl (C=O) groups is 2. The van der Waals surface area contributed by atoms with Crippen LogP contribution in [0.15, 0.2) is 0 Å². The van der Waals surface area contributed by atoms with Gasteiger partial charge in [0.05, 0.1) is 6.10 Å². The summed E-state index contributed by atoms with van der Waals surface area (Å²) in [6.07, 6.45) is -0.625. The van der Waals surface area contributed by atoms with Gasteiger partial charge in [-0.2, -0.15) is 0 Å². The van der Waals surface area contributed by atoms with Crippen LogP contribution in [0.25, 0.3) is 0 Å². The Hall–Kier alpha value is -1.34. The summed E-state index contributed by atoms with van der Waals surface area (Å²) in [5, 5.41) is 18.7. The number of aliphatic hydroxyl groups is 1. The maximum absolute atomic E-state index is 12.4. The highest BCUT2D eigenvalue weighted by molar-refractivity contribution is 5.83. The summed E-state index contributed by atoms with van der Waals surface area (Å²) in [5.74, 6) is -1.05. The van der Waals surface area contributed by atoms with Crippen LogP contribution in [0.1, 0.15) is 13.3 Å². The summed E-state index contributed by atoms with van der Waals surface area (Å²) in [5.41, 5.74) is 0. The van der Waals surface area contributed by atoms with Gasteiger partial charge in [-0.1, -0.05) is 0 Å². The first kappa shape index (κ1) is 14.1. The summed E-state index contributed by atoms with van der Waals surface area (Å²) in [7, 11) is 2.01. The number of rotatable bonds is 1. The van der Waals surface area contributed by atoms with Crippen molar-refractivity contribution in [2.45, 2.75) is 31.5 Å². The topological polar surface area (TPSA) is 84.3 Å². The Balaban J connectivity index is 2.04. The second kappa shape index (κ2) is 5.34. The van der Waals surface area contributed by atoms with Crippen LogP contribution in [-0.4, -0.2) is 88.3 Å². The molecular formula is C12H21N3O4. The maximum Gasteiger partial charge on any atom is 0.326 e. The van der Waals surface area contributed by atoms with Crippen LogP contribution in [0.2, 0.25) is 0 Å². The summed E-state index contributed by atoms with van der Waals surface area (Å²) in [4.78, 5) is 28.6. The van der Waals surface area contributed by atoms with Crippen LogP contribution < -0.4 is 0 Å². The van der Waals surface area contributed by atoms with Gasteiger partial charge in [0.1, 0.15) is 6.04 Å². The number of nitrogens with zero attached hydrogens (tertiary/aromatic N) is 3. The highest BCUT2D eigenvalue weighted by Gasteiger charge is 2.41. The molecule has 19 heavy (non-hydrogen) atoms. The number of carboxylic acids is 1. The third-order valence-electron chi connectivity index (χ3n) is 4.04. The minimum atomic E-state index is -1.05. The molecule has 2 rings (SSSR count). The van der Waals surface area contributed by atoms with Gasteiger partial charge in [0.25, 0.3) is 0 Å². The van der Waals surface area contributed by atoms with Gasteiger partial charge >= 0.3 is 12.0 Å². The zero-order chi connectivity index (χ0) is 14.2. The van der Waals surface area contributed by atoms with E-state index in [9.17, 15) is 14.7 Å². The average molecular weight is 271 g/mol. The van der Waals surface area contributed by atoms with Gasteiger partial charge in [-0.3, -0.25) is 0 Å². The molecule has 0 radical (unpaired) electrons. The van der Waals surface area contributed by atoms with E-state index in [1.54, 1.807) is 4.90 Å². The second-order valence-electron chi connectivity index (χ2n) is 5.45. The first-order valence-electron chi connectivity index (χ1n) is 6.56. The number of piperazine rings is 1. The highest BCUT2D eigenvalue weighted by atomic mass is 16.4. The molecule has 0 saturated carbocycles. The Morgan fingerprint density at radius 2 is 1.89 bits per heavy atom. The Bertz CT molecular complexity index is 376. The number of carboxylic acid groups (broad SMARTS) is 1. The van der Waals surface area contributed by atoms with Crippen LogP contribution in [0.3, 0.4) is 0 Å². The Morgan fingerprint density at radius 1 is 1.21 bits per heavy atom. The van der Waals surface area contributed by atoms with E-state index < -0.39 is 18.1 Å². The monoisotopic (exact) mass is 271 g/mol. The molecule has 2 aliphatic heterocycles. The molecule has 7 heteroatoms. The number of likely N-dealkylation sites (N-methyl/N-ethyl adjacent to an activating group) is 1. The number of hydrogen-bond acceptors (Lipinski definition) is 4. The molecule has 0 bridgehead atoms. The molecule has 2 amide bonds. The van der Waals surface area contributed by atoms with Crippen LogP contribution in [0, 0.1) is 0 Å². The van der Waals surface area contributed by atoms with Crippen molar-refractivity contribution in [1.29, 1.82) is 0 Å². The number of β-amino-alcohol motifs (C(OH)–C–C–N with tert-alkyl or cyclic N) is 1. The van der Waals surface area contributed by atoms with Crippen LogP contribution in [0.4, 0.5) is 4.79 Å². The van der Waals surface area contributed by atoms with Gasteiger partial charge < -0.3 is 24.9 Å². The van der Waals surface area contributed by atoms with Crippen LogP contribution >= 0.6 is 0 Å². The number of urea groups is 1. The van der Waals surface area contributed by atoms with Crippen LogP contribution in [0.5, 0.6) is 0 Å². The third-order valence-corrected chi connectivity index (χ3v) is 4.04. The van der Waals surface area contributed by atoms with E-state index in [4.69, 9.17) is 5.11 Å². The van der Waals surface area contributed by atoms with Gasteiger partial charge in [-0.25, -0.2) is 9.59 Å². The SMILES string of the molecule is CC1CN(C(=O)N2C[C@H](O)C[C@@H]2C(=O)O)CCN1C. The standard InChI is InChI=1S/C12H21N3O4/c1-8-6-14(4-3-13(8)2)12(19)15-7-9(16)5-10(15)11(17)18/h8-10,16H,3-7H2,1-2H3,(H,17,18)/t8?,9-,10-/m1/s1. The Morgan fingerprint density at radius 3 is 2.47 bits per heavy atom. The highest BCUT2D eigenvalue weighted by Crippen LogP contribution is 2.21. The summed E-state index contributed by atoms with van der Waals surface area (Å²) >= 11 is 0. The molecule has 0 aromatic heterocycles. The van der Waals surface area contributed by atoms with Crippen molar-refractivity contribution in [1.82, 2.24) is 14.7 Å². The first-order chi connectivity index (χ1) is 8.90. The fourth-order valence-corrected chi connectivity index (χ4v) is 2.66. The predicted octanol–water partition coefficient (Wildman–Crippen LogP) is -0.738. The van der Waals surface area contributed by atoms with Gasteiger partial charge in [0.15, 0.2) is 0 Å². The van der Waals surface area contributed by atoms with E-state index in [0.29, 0.717) is 13.1 Å². The normalized spacial score (nSPS) is 32.7. The molecular weight excluding hydrogens is 250 g/mol. The van der Waals surface area contributed by atoms with Gasteiger partial charge in [0, 0.05) is 38.6 Å². The van der Waals surface area contributed by atoms with Gasteiger partial charge in [-0.05, 0) is 14.0 Å². The number of amides is 2. The fraction of sp³-hybridized carbons (Fsp3) is 0.833. The molecule has 2 N–H and O–H groups in total. The average Bonchev–Trinajstić information content (AvgIpc) is 2.74. The molecule has 2 aliphatic rings. The Kier molecular flexibility index (Phi) is 3.96. The van der Waals surface area contributed by atoms with Crippen molar-refractivity contribution in [3.63, 3.8) is 0 Å². The first-order valence-corrected chi connectivity index (χ1v) is 6.56. The van der Waals surface area contributed by atoms with E-state index in [1.807, 2.05) is 14.0 Å². The molecule has 0 aromatic rings. The number of carbonyl (C=O) groups excluding carboxylic acids is 1. The number of aliphatic hydroxyl groups excluding tert-OH is 1. The lowest BCUT2D eigenvalue weighted by Gasteiger charge is -2.39. The molecule has 2 heterocycles. The molecule has 108 valence electrons. The lowest BCUT2D eigenvalue weighted by Crippen LogP contribution is -2.56. The summed E-state index contributed by atoms with van der Waals surface area (Å²) < 4.78 is 0. The molecule has 0 spiro atoms. The smallest absolute Gasteiger partial charge is 0.326 e. The van der Waals surface area contributed by atoms with Crippen LogP contribution in [-0.2, 0) is 4.79 Å². The van der Waals surface area contributed by atoms with Crippen molar-refractivity contribution < 1.29 is 19.8 Å². The number of aliphatic carboxylic acids is 1. The zero-order valence-electron chi connectivity index (χ0n) is 11.3. The summed E-state index contributed by atoms with van der Waals surface area (Å²) in [6.45, 7) is 4.11. The zero-order valence-corrected chi connectivity index (χ0v) is 11.3. The molecule has 2 fully saturated rings. The van der Waals surface area contributed by atoms with E-state index in [0.717, 1.165) is 6.54 Å². The second-order valence-corrected chi connectivity index (χ2v) is 5.45. The van der Waals surface area contributed by atoms with Crippen molar-refractivity contribution in [3.05, 3.63) is 0 Å². The maximum atomic E-state index is 12.4. The molecule has 2 saturated heterocycles. The third kappa shape index (κ3) is 2.82. The van der Waals surface area contributed by atoms with Gasteiger partial charge in [-0.15, -0.1) is 0 Å². The largest absolute Gasteiger partial charge is 0.480 e. The number of likely N-dealkylation sites (tertiary alicyclic amines) is 1. The minimum absolute atomic E-state index is 0.108. The van der Waals surface area contributed by atoms with Crippen molar-refractivity contribution in [2.24, 2.45) is 0 Å². The van der Waals surface area contributed by atoms with E-state index in [-0.39, 0.29) is 25.0 Å². The molecule has 7 nitrogen and oxygen atoms in total. The van der Waals surface area contributed by atoms with Crippen molar-refractivity contribution in [3.8, 4) is 0 Å². The van der Waals surface area contributed by atoms with E-state index in [1.165, 1.54) is 4.90 Å². The molecule has 0 aliphatic carbocycles. The number of hydrogen-bond donors (Lipinski definition) is 2. The lowest BCUT2D eigenvalue weighted by molar-refractivity contribution is -0.141. The summed E-state index contributed by atoms with van der Waals surface area (Å²) in [6, 6.07) is -0.921. The van der Waals surface area contributed by atoms with E-state index >= 15 is 0 Å². The molecule has 3 atom stereocenters. The Labute approximate surface area is 112 Å². The molecule has 1 unspecified atom stereocenters. The fourth-order valence-electron chi connectivity index (χ4n) is 2.66. The van der Waals surface area contributed by atoms with Crippen molar-refractivity contribution in [2.75, 3.05) is 33.2 Å². The van der Waals surface area contributed by atoms with E-state index in [2.05, 4.69) is 4.90 Å².